The lowest BCUT2D eigenvalue weighted by atomic mass is 9.99. The molecule has 2 aromatic carbocycles. The zero-order valence-corrected chi connectivity index (χ0v) is 14.5. The number of hydrogen-bond donors (Lipinski definition) is 1. The van der Waals surface area contributed by atoms with Crippen LogP contribution in [0.2, 0.25) is 5.02 Å². The Bertz CT molecular complexity index is 692. The van der Waals surface area contributed by atoms with Crippen LogP contribution in [0.3, 0.4) is 0 Å². The first-order chi connectivity index (χ1) is 11.1. The van der Waals surface area contributed by atoms with E-state index >= 15 is 0 Å². The molecule has 0 saturated heterocycles. The molecule has 0 amide bonds. The summed E-state index contributed by atoms with van der Waals surface area (Å²) < 4.78 is 11.1. The summed E-state index contributed by atoms with van der Waals surface area (Å²) in [7, 11) is 1.72. The fourth-order valence-corrected chi connectivity index (χ4v) is 3.54. The molecular weight excluding hydrogens is 310 g/mol. The number of halogens is 1. The second-order valence-electron chi connectivity index (χ2n) is 5.99. The van der Waals surface area contributed by atoms with Crippen LogP contribution in [-0.4, -0.2) is 13.7 Å². The first-order valence-electron chi connectivity index (χ1n) is 7.89. The third-order valence-electron chi connectivity index (χ3n) is 4.30. The minimum absolute atomic E-state index is 0.264. The monoisotopic (exact) mass is 331 g/mol. The summed E-state index contributed by atoms with van der Waals surface area (Å²) in [6.45, 7) is 5.66. The molecule has 1 unspecified atom stereocenters. The van der Waals surface area contributed by atoms with Gasteiger partial charge in [-0.2, -0.15) is 0 Å². The molecule has 1 N–H and O–H groups in total. The molecule has 3 nitrogen and oxygen atoms in total. The molecule has 0 saturated carbocycles. The maximum Gasteiger partial charge on any atom is 0.142 e. The lowest BCUT2D eigenvalue weighted by molar-refractivity contribution is 0.252. The van der Waals surface area contributed by atoms with Gasteiger partial charge >= 0.3 is 0 Å². The van der Waals surface area contributed by atoms with E-state index in [2.05, 4.69) is 37.4 Å². The fourth-order valence-electron chi connectivity index (χ4n) is 3.30. The van der Waals surface area contributed by atoms with Gasteiger partial charge < -0.3 is 14.8 Å². The van der Waals surface area contributed by atoms with E-state index in [4.69, 9.17) is 21.1 Å². The predicted molar refractivity (Wildman–Crippen MR) is 93.6 cm³/mol. The van der Waals surface area contributed by atoms with Crippen molar-refractivity contribution in [2.24, 2.45) is 0 Å². The van der Waals surface area contributed by atoms with E-state index < -0.39 is 0 Å². The minimum atomic E-state index is 0.264. The number of para-hydroxylation sites is 1. The van der Waals surface area contributed by atoms with Gasteiger partial charge in [0, 0.05) is 24.6 Å². The van der Waals surface area contributed by atoms with Crippen molar-refractivity contribution in [1.29, 1.82) is 0 Å². The number of hydrogen-bond acceptors (Lipinski definition) is 3. The molecule has 122 valence electrons. The highest BCUT2D eigenvalue weighted by Gasteiger charge is 2.22. The molecular formula is C19H22ClNO2. The molecule has 1 aliphatic heterocycles. The molecule has 0 radical (unpaired) electrons. The number of methoxy groups -OCH3 is 1. The second kappa shape index (κ2) is 6.81. The number of ether oxygens (including phenoxy) is 2. The van der Waals surface area contributed by atoms with E-state index in [0.29, 0.717) is 11.6 Å². The number of aryl methyl sites for hydroxylation is 2. The summed E-state index contributed by atoms with van der Waals surface area (Å²) in [6.07, 6.45) is 0.946. The molecule has 0 spiro atoms. The van der Waals surface area contributed by atoms with Crippen LogP contribution in [0.15, 0.2) is 30.3 Å². The predicted octanol–water partition coefficient (Wildman–Crippen LogP) is 4.58. The van der Waals surface area contributed by atoms with Crippen molar-refractivity contribution in [2.45, 2.75) is 32.9 Å². The Kier molecular flexibility index (Phi) is 4.79. The zero-order chi connectivity index (χ0) is 16.4. The Morgan fingerprint density at radius 3 is 2.70 bits per heavy atom. The molecule has 0 fully saturated rings. The number of fused-ring (bicyclic) bond motifs is 1. The molecule has 1 atom stereocenters. The quantitative estimate of drug-likeness (QED) is 0.889. The van der Waals surface area contributed by atoms with Crippen LogP contribution in [0.5, 0.6) is 11.5 Å². The zero-order valence-electron chi connectivity index (χ0n) is 13.8. The van der Waals surface area contributed by atoms with Crippen LogP contribution in [0.1, 0.15) is 34.7 Å². The van der Waals surface area contributed by atoms with Gasteiger partial charge in [-0.1, -0.05) is 35.9 Å². The average Bonchev–Trinajstić information content (AvgIpc) is 2.53. The highest BCUT2D eigenvalue weighted by Crippen LogP contribution is 2.37. The van der Waals surface area contributed by atoms with E-state index in [-0.39, 0.29) is 6.04 Å². The summed E-state index contributed by atoms with van der Waals surface area (Å²) in [5.41, 5.74) is 4.74. The van der Waals surface area contributed by atoms with Crippen molar-refractivity contribution in [3.63, 3.8) is 0 Å². The van der Waals surface area contributed by atoms with E-state index in [1.807, 2.05) is 12.1 Å². The van der Waals surface area contributed by atoms with Gasteiger partial charge in [0.1, 0.15) is 11.5 Å². The Balaban J connectivity index is 1.77. The maximum absolute atomic E-state index is 6.23. The molecule has 4 heteroatoms. The van der Waals surface area contributed by atoms with Crippen molar-refractivity contribution in [3.8, 4) is 11.5 Å². The summed E-state index contributed by atoms with van der Waals surface area (Å²) >= 11 is 6.23. The Hall–Kier alpha value is -1.71. The third-order valence-corrected chi connectivity index (χ3v) is 4.60. The summed E-state index contributed by atoms with van der Waals surface area (Å²) in [5, 5.41) is 4.32. The topological polar surface area (TPSA) is 30.5 Å². The van der Waals surface area contributed by atoms with E-state index in [0.717, 1.165) is 30.0 Å². The van der Waals surface area contributed by atoms with E-state index in [1.54, 1.807) is 7.11 Å². The van der Waals surface area contributed by atoms with Gasteiger partial charge in [0.2, 0.25) is 0 Å². The van der Waals surface area contributed by atoms with Crippen molar-refractivity contribution in [3.05, 3.63) is 57.6 Å². The highest BCUT2D eigenvalue weighted by atomic mass is 35.5. The van der Waals surface area contributed by atoms with Crippen LogP contribution < -0.4 is 14.8 Å². The van der Waals surface area contributed by atoms with Gasteiger partial charge in [-0.3, -0.25) is 0 Å². The lowest BCUT2D eigenvalue weighted by Gasteiger charge is -2.27. The van der Waals surface area contributed by atoms with Gasteiger partial charge in [-0.05, 0) is 36.6 Å². The smallest absolute Gasteiger partial charge is 0.142 e. The normalized spacial score (nSPS) is 16.6. The van der Waals surface area contributed by atoms with Gasteiger partial charge in [0.05, 0.1) is 18.7 Å². The maximum atomic E-state index is 6.23. The third kappa shape index (κ3) is 3.31. The molecule has 0 aliphatic carbocycles. The lowest BCUT2D eigenvalue weighted by Crippen LogP contribution is -2.27. The van der Waals surface area contributed by atoms with Crippen LogP contribution in [0.25, 0.3) is 0 Å². The molecule has 0 aromatic heterocycles. The largest absolute Gasteiger partial charge is 0.496 e. The Labute approximate surface area is 142 Å². The van der Waals surface area contributed by atoms with Gasteiger partial charge in [0.15, 0.2) is 0 Å². The Morgan fingerprint density at radius 2 is 2.00 bits per heavy atom. The highest BCUT2D eigenvalue weighted by molar-refractivity contribution is 6.32. The van der Waals surface area contributed by atoms with Crippen LogP contribution in [-0.2, 0) is 6.54 Å². The number of rotatable bonds is 4. The van der Waals surface area contributed by atoms with Crippen LogP contribution in [0, 0.1) is 13.8 Å². The van der Waals surface area contributed by atoms with E-state index in [9.17, 15) is 0 Å². The molecule has 2 aromatic rings. The first-order valence-corrected chi connectivity index (χ1v) is 8.26. The first kappa shape index (κ1) is 16.2. The molecule has 1 heterocycles. The molecule has 1 aliphatic rings. The Morgan fingerprint density at radius 1 is 1.26 bits per heavy atom. The fraction of sp³-hybridized carbons (Fsp3) is 0.368. The summed E-state index contributed by atoms with van der Waals surface area (Å²) in [5.74, 6) is 1.79. The number of nitrogens with one attached hydrogen (secondary N) is 1. The molecule has 0 bridgehead atoms. The summed E-state index contributed by atoms with van der Waals surface area (Å²) in [4.78, 5) is 0. The van der Waals surface area contributed by atoms with Crippen LogP contribution in [0.4, 0.5) is 0 Å². The van der Waals surface area contributed by atoms with Crippen molar-refractivity contribution in [1.82, 2.24) is 5.32 Å². The van der Waals surface area contributed by atoms with Gasteiger partial charge in [-0.15, -0.1) is 0 Å². The van der Waals surface area contributed by atoms with Crippen LogP contribution >= 0.6 is 11.6 Å². The molecule has 3 rings (SSSR count). The van der Waals surface area contributed by atoms with Crippen molar-refractivity contribution >= 4 is 11.6 Å². The van der Waals surface area contributed by atoms with E-state index in [1.165, 1.54) is 16.7 Å². The van der Waals surface area contributed by atoms with Gasteiger partial charge in [0.25, 0.3) is 0 Å². The second-order valence-corrected chi connectivity index (χ2v) is 6.40. The summed E-state index contributed by atoms with van der Waals surface area (Å²) in [6, 6.07) is 10.6. The SMILES string of the molecule is COc1c(C)cc(CNC2CCOc3c(Cl)cccc32)cc1C. The number of benzene rings is 2. The van der Waals surface area contributed by atoms with Crippen molar-refractivity contribution < 1.29 is 9.47 Å². The molecule has 23 heavy (non-hydrogen) atoms. The van der Waals surface area contributed by atoms with Gasteiger partial charge in [-0.25, -0.2) is 0 Å². The minimum Gasteiger partial charge on any atom is -0.496 e. The standard InChI is InChI=1S/C19H22ClNO2/c1-12-9-14(10-13(2)18(12)22-3)11-21-17-7-8-23-19-15(17)5-4-6-16(19)20/h4-6,9-10,17,21H,7-8,11H2,1-3H3. The average molecular weight is 332 g/mol. The van der Waals surface area contributed by atoms with Crippen molar-refractivity contribution in [2.75, 3.05) is 13.7 Å².